The average molecular weight is 352 g/mol. The number of carbonyl (C=O) groups excluding carboxylic acids is 3. The van der Waals surface area contributed by atoms with Gasteiger partial charge in [-0.25, -0.2) is 0 Å². The van der Waals surface area contributed by atoms with Crippen LogP contribution in [0.3, 0.4) is 0 Å². The van der Waals surface area contributed by atoms with Gasteiger partial charge in [0.1, 0.15) is 6.54 Å². The molecule has 1 aliphatic carbocycles. The van der Waals surface area contributed by atoms with Gasteiger partial charge in [-0.3, -0.25) is 14.4 Å². The van der Waals surface area contributed by atoms with Crippen molar-refractivity contribution < 1.29 is 19.1 Å². The summed E-state index contributed by atoms with van der Waals surface area (Å²) in [7, 11) is 0. The number of ether oxygens (including phenoxy) is 1. The molecule has 0 bridgehead atoms. The van der Waals surface area contributed by atoms with Crippen LogP contribution < -0.4 is 10.6 Å². The van der Waals surface area contributed by atoms with Crippen molar-refractivity contribution in [2.75, 3.05) is 6.54 Å². The van der Waals surface area contributed by atoms with Crippen LogP contribution >= 0.6 is 11.3 Å². The van der Waals surface area contributed by atoms with E-state index in [0.29, 0.717) is 10.8 Å². The maximum atomic E-state index is 12.1. The Morgan fingerprint density at radius 1 is 1.33 bits per heavy atom. The molecular formula is C17H24N2O4S. The molecule has 1 fully saturated rings. The molecule has 0 saturated heterocycles. The standard InChI is InChI=1S/C17H24N2O4S/c1-11-6-3-4-7-13(11)19-16(21)12(2)23-15(20)10-18-17(22)14-8-5-9-24-14/h5,8-9,11-13H,3-4,6-7,10H2,1-2H3,(H,18,22)(H,19,21)/t11-,12+,13-/m0/s1. The zero-order valence-electron chi connectivity index (χ0n) is 14.0. The van der Waals surface area contributed by atoms with E-state index in [2.05, 4.69) is 17.6 Å². The minimum atomic E-state index is -0.870. The second kappa shape index (κ2) is 8.82. The van der Waals surface area contributed by atoms with E-state index in [-0.39, 0.29) is 24.4 Å². The summed E-state index contributed by atoms with van der Waals surface area (Å²) in [4.78, 5) is 36.2. The van der Waals surface area contributed by atoms with E-state index in [4.69, 9.17) is 4.74 Å². The lowest BCUT2D eigenvalue weighted by Gasteiger charge is -2.30. The van der Waals surface area contributed by atoms with Crippen LogP contribution in [0.15, 0.2) is 17.5 Å². The van der Waals surface area contributed by atoms with Gasteiger partial charge in [-0.15, -0.1) is 11.3 Å². The van der Waals surface area contributed by atoms with Gasteiger partial charge in [0.25, 0.3) is 11.8 Å². The van der Waals surface area contributed by atoms with Crippen molar-refractivity contribution in [3.8, 4) is 0 Å². The molecule has 3 atom stereocenters. The number of hydrogen-bond acceptors (Lipinski definition) is 5. The predicted molar refractivity (Wildman–Crippen MR) is 91.8 cm³/mol. The molecule has 2 amide bonds. The highest BCUT2D eigenvalue weighted by Crippen LogP contribution is 2.23. The summed E-state index contributed by atoms with van der Waals surface area (Å²) >= 11 is 1.29. The van der Waals surface area contributed by atoms with E-state index < -0.39 is 12.1 Å². The highest BCUT2D eigenvalue weighted by Gasteiger charge is 2.26. The minimum Gasteiger partial charge on any atom is -0.451 e. The highest BCUT2D eigenvalue weighted by molar-refractivity contribution is 7.12. The SMILES string of the molecule is C[C@@H](OC(=O)CNC(=O)c1cccs1)C(=O)N[C@H]1CCCC[C@@H]1C. The van der Waals surface area contributed by atoms with Gasteiger partial charge in [-0.05, 0) is 37.1 Å². The normalized spacial score (nSPS) is 21.6. The Hall–Kier alpha value is -1.89. The monoisotopic (exact) mass is 352 g/mol. The lowest BCUT2D eigenvalue weighted by molar-refractivity contribution is -0.154. The topological polar surface area (TPSA) is 84.5 Å². The first kappa shape index (κ1) is 18.4. The molecule has 0 unspecified atom stereocenters. The van der Waals surface area contributed by atoms with Crippen molar-refractivity contribution in [2.24, 2.45) is 5.92 Å². The van der Waals surface area contributed by atoms with Crippen LogP contribution in [0.5, 0.6) is 0 Å². The predicted octanol–water partition coefficient (Wildman–Crippen LogP) is 2.10. The molecule has 24 heavy (non-hydrogen) atoms. The highest BCUT2D eigenvalue weighted by atomic mass is 32.1. The molecule has 0 aromatic carbocycles. The molecule has 2 N–H and O–H groups in total. The van der Waals surface area contributed by atoms with Gasteiger partial charge in [0.05, 0.1) is 4.88 Å². The Morgan fingerprint density at radius 2 is 2.08 bits per heavy atom. The molecule has 1 aromatic heterocycles. The summed E-state index contributed by atoms with van der Waals surface area (Å²) in [5.74, 6) is -0.795. The maximum absolute atomic E-state index is 12.1. The van der Waals surface area contributed by atoms with Crippen molar-refractivity contribution in [1.29, 1.82) is 0 Å². The molecule has 0 aliphatic heterocycles. The van der Waals surface area contributed by atoms with Gasteiger partial charge in [-0.1, -0.05) is 25.8 Å². The van der Waals surface area contributed by atoms with E-state index in [1.807, 2.05) is 0 Å². The van der Waals surface area contributed by atoms with E-state index in [0.717, 1.165) is 19.3 Å². The quantitative estimate of drug-likeness (QED) is 0.768. The number of rotatable bonds is 6. The maximum Gasteiger partial charge on any atom is 0.326 e. The van der Waals surface area contributed by atoms with E-state index in [1.54, 1.807) is 24.4 Å². The van der Waals surface area contributed by atoms with Crippen molar-refractivity contribution in [2.45, 2.75) is 51.7 Å². The Balaban J connectivity index is 1.72. The Labute approximate surface area is 146 Å². The second-order valence-corrected chi connectivity index (χ2v) is 7.12. The fourth-order valence-electron chi connectivity index (χ4n) is 2.77. The lowest BCUT2D eigenvalue weighted by Crippen LogP contribution is -2.46. The van der Waals surface area contributed by atoms with Gasteiger partial charge in [0.2, 0.25) is 0 Å². The van der Waals surface area contributed by atoms with Crippen LogP contribution in [0.1, 0.15) is 49.2 Å². The molecule has 0 spiro atoms. The third-order valence-electron chi connectivity index (χ3n) is 4.25. The van der Waals surface area contributed by atoms with Gasteiger partial charge in [0, 0.05) is 6.04 Å². The van der Waals surface area contributed by atoms with Crippen molar-refractivity contribution in [3.05, 3.63) is 22.4 Å². The fourth-order valence-corrected chi connectivity index (χ4v) is 3.41. The molecule has 1 aromatic rings. The molecule has 1 heterocycles. The Kier molecular flexibility index (Phi) is 6.78. The van der Waals surface area contributed by atoms with E-state index in [9.17, 15) is 14.4 Å². The Bertz CT molecular complexity index is 573. The fraction of sp³-hybridized carbons (Fsp3) is 0.588. The first-order valence-corrected chi connectivity index (χ1v) is 9.17. The summed E-state index contributed by atoms with van der Waals surface area (Å²) in [5, 5.41) is 7.23. The van der Waals surface area contributed by atoms with Gasteiger partial charge >= 0.3 is 5.97 Å². The van der Waals surface area contributed by atoms with Gasteiger partial charge in [0.15, 0.2) is 6.10 Å². The molecular weight excluding hydrogens is 328 g/mol. The molecule has 2 rings (SSSR count). The first-order chi connectivity index (χ1) is 11.5. The molecule has 7 heteroatoms. The third kappa shape index (κ3) is 5.33. The molecule has 0 radical (unpaired) electrons. The third-order valence-corrected chi connectivity index (χ3v) is 5.12. The van der Waals surface area contributed by atoms with Crippen LogP contribution in [0.2, 0.25) is 0 Å². The summed E-state index contributed by atoms with van der Waals surface area (Å²) in [6.07, 6.45) is 3.50. The van der Waals surface area contributed by atoms with Crippen molar-refractivity contribution >= 4 is 29.1 Å². The number of hydrogen-bond donors (Lipinski definition) is 2. The minimum absolute atomic E-state index is 0.144. The number of amides is 2. The van der Waals surface area contributed by atoms with Crippen molar-refractivity contribution in [3.63, 3.8) is 0 Å². The first-order valence-electron chi connectivity index (χ1n) is 8.29. The van der Waals surface area contributed by atoms with Crippen molar-refractivity contribution in [1.82, 2.24) is 10.6 Å². The average Bonchev–Trinajstić information content (AvgIpc) is 3.09. The van der Waals surface area contributed by atoms with Crippen LogP contribution in [-0.4, -0.2) is 36.5 Å². The van der Waals surface area contributed by atoms with Gasteiger partial charge in [-0.2, -0.15) is 0 Å². The number of nitrogens with one attached hydrogen (secondary N) is 2. The second-order valence-electron chi connectivity index (χ2n) is 6.17. The number of thiophene rings is 1. The van der Waals surface area contributed by atoms with E-state index in [1.165, 1.54) is 17.8 Å². The Morgan fingerprint density at radius 3 is 2.75 bits per heavy atom. The largest absolute Gasteiger partial charge is 0.451 e. The van der Waals surface area contributed by atoms with Crippen LogP contribution in [0.4, 0.5) is 0 Å². The molecule has 1 aliphatic rings. The zero-order valence-corrected chi connectivity index (χ0v) is 14.9. The number of esters is 1. The summed E-state index contributed by atoms with van der Waals surface area (Å²) in [6.45, 7) is 3.41. The summed E-state index contributed by atoms with van der Waals surface area (Å²) in [5.41, 5.74) is 0. The lowest BCUT2D eigenvalue weighted by atomic mass is 9.86. The van der Waals surface area contributed by atoms with E-state index >= 15 is 0 Å². The van der Waals surface area contributed by atoms with Crippen LogP contribution in [0.25, 0.3) is 0 Å². The van der Waals surface area contributed by atoms with Crippen LogP contribution in [0, 0.1) is 5.92 Å². The smallest absolute Gasteiger partial charge is 0.326 e. The molecule has 6 nitrogen and oxygen atoms in total. The summed E-state index contributed by atoms with van der Waals surface area (Å²) in [6, 6.07) is 3.58. The van der Waals surface area contributed by atoms with Crippen LogP contribution in [-0.2, 0) is 14.3 Å². The van der Waals surface area contributed by atoms with Gasteiger partial charge < -0.3 is 15.4 Å². The molecule has 132 valence electrons. The summed E-state index contributed by atoms with van der Waals surface area (Å²) < 4.78 is 5.09. The number of carbonyl (C=O) groups is 3. The zero-order chi connectivity index (χ0) is 17.5. The molecule has 1 saturated carbocycles.